The SMILES string of the molecule is CCNC(=O)[C@@H]1C[C@@H](NC(=O)c2ncc(C)[nH]2)CN1Cc1cccnc1N. The molecule has 2 atom stereocenters. The maximum Gasteiger partial charge on any atom is 0.287 e. The third kappa shape index (κ3) is 4.43. The van der Waals surface area contributed by atoms with Crippen molar-refractivity contribution in [1.82, 2.24) is 30.5 Å². The Labute approximate surface area is 157 Å². The molecule has 1 fully saturated rings. The van der Waals surface area contributed by atoms with Crippen molar-refractivity contribution >= 4 is 17.6 Å². The van der Waals surface area contributed by atoms with E-state index in [1.165, 1.54) is 0 Å². The number of hydrogen-bond acceptors (Lipinski definition) is 6. The first-order valence-electron chi connectivity index (χ1n) is 9.01. The summed E-state index contributed by atoms with van der Waals surface area (Å²) < 4.78 is 0. The molecule has 9 nitrogen and oxygen atoms in total. The van der Waals surface area contributed by atoms with E-state index in [1.54, 1.807) is 12.4 Å². The van der Waals surface area contributed by atoms with Crippen molar-refractivity contribution in [3.63, 3.8) is 0 Å². The van der Waals surface area contributed by atoms with Gasteiger partial charge in [0.1, 0.15) is 5.82 Å². The number of nitrogens with zero attached hydrogens (tertiary/aromatic N) is 3. The van der Waals surface area contributed by atoms with E-state index in [2.05, 4.69) is 25.6 Å². The summed E-state index contributed by atoms with van der Waals surface area (Å²) in [5.41, 5.74) is 7.63. The molecular weight excluding hydrogens is 346 g/mol. The van der Waals surface area contributed by atoms with E-state index >= 15 is 0 Å². The first-order chi connectivity index (χ1) is 13.0. The van der Waals surface area contributed by atoms with Crippen LogP contribution in [0.15, 0.2) is 24.5 Å². The molecule has 1 saturated heterocycles. The summed E-state index contributed by atoms with van der Waals surface area (Å²) in [5, 5.41) is 5.83. The van der Waals surface area contributed by atoms with Crippen LogP contribution in [-0.2, 0) is 11.3 Å². The van der Waals surface area contributed by atoms with Gasteiger partial charge < -0.3 is 21.4 Å². The van der Waals surface area contributed by atoms with E-state index in [1.807, 2.05) is 30.9 Å². The van der Waals surface area contributed by atoms with Gasteiger partial charge in [-0.1, -0.05) is 6.07 Å². The van der Waals surface area contributed by atoms with Crippen molar-refractivity contribution in [1.29, 1.82) is 0 Å². The van der Waals surface area contributed by atoms with E-state index < -0.39 is 0 Å². The zero-order chi connectivity index (χ0) is 19.4. The van der Waals surface area contributed by atoms with Crippen LogP contribution >= 0.6 is 0 Å². The highest BCUT2D eigenvalue weighted by molar-refractivity contribution is 5.91. The fraction of sp³-hybridized carbons (Fsp3) is 0.444. The number of rotatable bonds is 6. The third-order valence-electron chi connectivity index (χ3n) is 4.61. The van der Waals surface area contributed by atoms with Crippen molar-refractivity contribution in [2.45, 2.75) is 38.9 Å². The zero-order valence-corrected chi connectivity index (χ0v) is 15.5. The molecule has 9 heteroatoms. The molecule has 0 aromatic carbocycles. The first kappa shape index (κ1) is 18.8. The number of nitrogens with two attached hydrogens (primary N) is 1. The number of carbonyl (C=O) groups is 2. The van der Waals surface area contributed by atoms with Gasteiger partial charge in [-0.3, -0.25) is 14.5 Å². The number of amides is 2. The predicted octanol–water partition coefficient (Wildman–Crippen LogP) is 0.204. The van der Waals surface area contributed by atoms with Gasteiger partial charge in [-0.25, -0.2) is 9.97 Å². The van der Waals surface area contributed by atoms with Crippen LogP contribution < -0.4 is 16.4 Å². The van der Waals surface area contributed by atoms with E-state index in [0.29, 0.717) is 31.9 Å². The van der Waals surface area contributed by atoms with Crippen molar-refractivity contribution in [3.05, 3.63) is 41.6 Å². The van der Waals surface area contributed by atoms with Crippen LogP contribution in [0.4, 0.5) is 5.82 Å². The number of aryl methyl sites for hydroxylation is 1. The molecule has 1 aliphatic rings. The minimum absolute atomic E-state index is 0.0504. The predicted molar refractivity (Wildman–Crippen MR) is 101 cm³/mol. The molecular formula is C18H25N7O2. The summed E-state index contributed by atoms with van der Waals surface area (Å²) in [6.45, 7) is 5.31. The van der Waals surface area contributed by atoms with Crippen LogP contribution in [0.3, 0.4) is 0 Å². The van der Waals surface area contributed by atoms with Crippen LogP contribution in [0.5, 0.6) is 0 Å². The Morgan fingerprint density at radius 1 is 1.41 bits per heavy atom. The van der Waals surface area contributed by atoms with Gasteiger partial charge in [0.2, 0.25) is 5.91 Å². The van der Waals surface area contributed by atoms with E-state index in [0.717, 1.165) is 11.3 Å². The number of nitrogens with one attached hydrogen (secondary N) is 3. The minimum atomic E-state index is -0.340. The molecule has 3 rings (SSSR count). The van der Waals surface area contributed by atoms with Gasteiger partial charge in [0.05, 0.1) is 6.04 Å². The number of H-pyrrole nitrogens is 1. The zero-order valence-electron chi connectivity index (χ0n) is 15.5. The second kappa shape index (κ2) is 8.17. The van der Waals surface area contributed by atoms with Gasteiger partial charge in [-0.2, -0.15) is 0 Å². The van der Waals surface area contributed by atoms with Gasteiger partial charge in [0, 0.05) is 49.3 Å². The number of aromatic nitrogens is 3. The van der Waals surface area contributed by atoms with Crippen molar-refractivity contribution in [2.24, 2.45) is 0 Å². The first-order valence-corrected chi connectivity index (χ1v) is 9.01. The second-order valence-corrected chi connectivity index (χ2v) is 6.71. The Hall–Kier alpha value is -2.94. The molecule has 0 spiro atoms. The summed E-state index contributed by atoms with van der Waals surface area (Å²) in [7, 11) is 0. The summed E-state index contributed by atoms with van der Waals surface area (Å²) in [4.78, 5) is 38.0. The Bertz CT molecular complexity index is 820. The Morgan fingerprint density at radius 3 is 2.89 bits per heavy atom. The molecule has 0 bridgehead atoms. The monoisotopic (exact) mass is 371 g/mol. The highest BCUT2D eigenvalue weighted by atomic mass is 16.2. The number of carbonyl (C=O) groups excluding carboxylic acids is 2. The van der Waals surface area contributed by atoms with Gasteiger partial charge in [0.25, 0.3) is 5.91 Å². The molecule has 0 aliphatic carbocycles. The maximum absolute atomic E-state index is 12.5. The van der Waals surface area contributed by atoms with Crippen LogP contribution in [0.25, 0.3) is 0 Å². The van der Waals surface area contributed by atoms with Crippen molar-refractivity contribution in [2.75, 3.05) is 18.8 Å². The summed E-state index contributed by atoms with van der Waals surface area (Å²) >= 11 is 0. The topological polar surface area (TPSA) is 129 Å². The molecule has 27 heavy (non-hydrogen) atoms. The third-order valence-corrected chi connectivity index (χ3v) is 4.61. The van der Waals surface area contributed by atoms with E-state index in [4.69, 9.17) is 5.73 Å². The standard InChI is InChI=1S/C18H25N7O2/c1-3-20-17(26)14-7-13(24-18(27)16-22-8-11(2)23-16)10-25(14)9-12-5-4-6-21-15(12)19/h4-6,8,13-14H,3,7,9-10H2,1-2H3,(H2,19,21)(H,20,26)(H,22,23)(H,24,27)/t13-,14+/m1/s1. The number of likely N-dealkylation sites (tertiary alicyclic amines) is 1. The normalized spacial score (nSPS) is 19.8. The number of anilines is 1. The van der Waals surface area contributed by atoms with E-state index in [-0.39, 0.29) is 29.7 Å². The number of likely N-dealkylation sites (N-methyl/N-ethyl adjacent to an activating group) is 1. The highest BCUT2D eigenvalue weighted by Gasteiger charge is 2.37. The minimum Gasteiger partial charge on any atom is -0.383 e. The fourth-order valence-corrected chi connectivity index (χ4v) is 3.33. The average Bonchev–Trinajstić information content (AvgIpc) is 3.23. The number of hydrogen-bond donors (Lipinski definition) is 4. The average molecular weight is 371 g/mol. The lowest BCUT2D eigenvalue weighted by atomic mass is 10.1. The lowest BCUT2D eigenvalue weighted by Crippen LogP contribution is -2.42. The summed E-state index contributed by atoms with van der Waals surface area (Å²) in [6, 6.07) is 3.22. The van der Waals surface area contributed by atoms with Crippen LogP contribution in [0, 0.1) is 6.92 Å². The van der Waals surface area contributed by atoms with Crippen LogP contribution in [0.1, 0.15) is 35.2 Å². The molecule has 2 amide bonds. The van der Waals surface area contributed by atoms with Crippen molar-refractivity contribution < 1.29 is 9.59 Å². The molecule has 2 aromatic rings. The van der Waals surface area contributed by atoms with Gasteiger partial charge >= 0.3 is 0 Å². The Morgan fingerprint density at radius 2 is 2.22 bits per heavy atom. The molecule has 0 unspecified atom stereocenters. The number of aromatic amines is 1. The summed E-state index contributed by atoms with van der Waals surface area (Å²) in [5.74, 6) is 0.402. The molecule has 144 valence electrons. The fourth-order valence-electron chi connectivity index (χ4n) is 3.33. The number of pyridine rings is 1. The van der Waals surface area contributed by atoms with Gasteiger partial charge in [-0.05, 0) is 26.3 Å². The van der Waals surface area contributed by atoms with Crippen LogP contribution in [-0.4, -0.2) is 56.8 Å². The highest BCUT2D eigenvalue weighted by Crippen LogP contribution is 2.22. The van der Waals surface area contributed by atoms with Crippen molar-refractivity contribution in [3.8, 4) is 0 Å². The maximum atomic E-state index is 12.5. The van der Waals surface area contributed by atoms with Gasteiger partial charge in [-0.15, -0.1) is 0 Å². The molecule has 1 aliphatic heterocycles. The molecule has 0 radical (unpaired) electrons. The largest absolute Gasteiger partial charge is 0.383 e. The smallest absolute Gasteiger partial charge is 0.287 e. The number of nitrogen functional groups attached to an aromatic ring is 1. The lowest BCUT2D eigenvalue weighted by Gasteiger charge is -2.23. The molecule has 0 saturated carbocycles. The second-order valence-electron chi connectivity index (χ2n) is 6.71. The van der Waals surface area contributed by atoms with E-state index in [9.17, 15) is 9.59 Å². The summed E-state index contributed by atoms with van der Waals surface area (Å²) in [6.07, 6.45) is 3.77. The Kier molecular flexibility index (Phi) is 5.70. The van der Waals surface area contributed by atoms with Gasteiger partial charge in [0.15, 0.2) is 5.82 Å². The Balaban J connectivity index is 1.71. The molecule has 2 aromatic heterocycles. The van der Waals surface area contributed by atoms with Crippen LogP contribution in [0.2, 0.25) is 0 Å². The lowest BCUT2D eigenvalue weighted by molar-refractivity contribution is -0.125. The quantitative estimate of drug-likeness (QED) is 0.574. The molecule has 5 N–H and O–H groups in total. The molecule has 3 heterocycles. The number of imidazole rings is 1.